The van der Waals surface area contributed by atoms with Gasteiger partial charge in [0.2, 0.25) is 5.91 Å². The lowest BCUT2D eigenvalue weighted by Crippen LogP contribution is -2.40. The number of likely N-dealkylation sites (N-methyl/N-ethyl adjacent to an activating group) is 1. The maximum Gasteiger partial charge on any atom is 0.416 e. The highest BCUT2D eigenvalue weighted by Gasteiger charge is 2.30. The van der Waals surface area contributed by atoms with E-state index in [-0.39, 0.29) is 31.2 Å². The number of nitrogens with zero attached hydrogens (tertiary/aromatic N) is 4. The van der Waals surface area contributed by atoms with Crippen molar-refractivity contribution in [1.29, 1.82) is 0 Å². The number of thioether (sulfide) groups is 1. The van der Waals surface area contributed by atoms with Crippen molar-refractivity contribution in [2.45, 2.75) is 63.1 Å². The van der Waals surface area contributed by atoms with Crippen LogP contribution >= 0.6 is 11.8 Å². The highest BCUT2D eigenvalue weighted by molar-refractivity contribution is 7.98. The Bertz CT molecular complexity index is 2410. The van der Waals surface area contributed by atoms with Gasteiger partial charge < -0.3 is 14.4 Å². The third kappa shape index (κ3) is 8.70. The molecule has 0 fully saturated rings. The standard InChI is InChI=1S/C36H38F4N4O2S/c1-3-42(4-2)20-21-43(22-25-8-12-27(13-9-25)28-14-16-29(17-15-28)36(38,39)40)33(45)23-44-32-7-5-6-31(32)34(46)41-35(44)47-24-26-10-18-30(37)19-11-26/h8-19H,3-7,20-24H2,1-2H3/i3D2,4D2,5D2,6D2,7D2,20D2,21D2,23D2. The molecule has 0 unspecified atom stereocenters. The van der Waals surface area contributed by atoms with E-state index in [0.29, 0.717) is 36.7 Å². The quantitative estimate of drug-likeness (QED) is 0.0847. The summed E-state index contributed by atoms with van der Waals surface area (Å²) in [7, 11) is 0. The summed E-state index contributed by atoms with van der Waals surface area (Å²) >= 11 is 0.443. The molecule has 1 aliphatic rings. The topological polar surface area (TPSA) is 58.4 Å². The number of hydrogen-bond acceptors (Lipinski definition) is 5. The van der Waals surface area contributed by atoms with E-state index >= 15 is 4.79 Å². The number of aromatic nitrogens is 2. The average molecular weight is 683 g/mol. The Balaban J connectivity index is 1.75. The highest BCUT2D eigenvalue weighted by Crippen LogP contribution is 2.31. The Morgan fingerprint density at radius 3 is 2.17 bits per heavy atom. The van der Waals surface area contributed by atoms with Crippen molar-refractivity contribution in [3.05, 3.63) is 117 Å². The van der Waals surface area contributed by atoms with Crippen LogP contribution in [-0.2, 0) is 42.5 Å². The maximum absolute atomic E-state index is 15.0. The molecule has 0 saturated carbocycles. The second kappa shape index (κ2) is 15.3. The number of rotatable bonds is 13. The minimum Gasteiger partial charge on any atom is -0.336 e. The van der Waals surface area contributed by atoms with Crippen molar-refractivity contribution in [1.82, 2.24) is 19.4 Å². The van der Waals surface area contributed by atoms with Gasteiger partial charge in [-0.1, -0.05) is 74.1 Å². The van der Waals surface area contributed by atoms with Crippen LogP contribution in [0.4, 0.5) is 17.6 Å². The number of carbonyl (C=O) groups is 1. The largest absolute Gasteiger partial charge is 0.416 e. The van der Waals surface area contributed by atoms with Gasteiger partial charge in [0.05, 0.1) is 11.0 Å². The smallest absolute Gasteiger partial charge is 0.336 e. The number of carbonyl (C=O) groups excluding carboxylic acids is 1. The highest BCUT2D eigenvalue weighted by atomic mass is 32.2. The second-order valence-electron chi connectivity index (χ2n) is 9.83. The van der Waals surface area contributed by atoms with Crippen LogP contribution in [0, 0.1) is 5.82 Å². The van der Waals surface area contributed by atoms with Crippen LogP contribution in [0.2, 0.25) is 0 Å². The lowest BCUT2D eigenvalue weighted by atomic mass is 10.0. The van der Waals surface area contributed by atoms with E-state index in [1.165, 1.54) is 36.4 Å². The second-order valence-corrected chi connectivity index (χ2v) is 10.8. The number of fused-ring (bicyclic) bond motifs is 1. The Hall–Kier alpha value is -3.96. The first-order valence-electron chi connectivity index (χ1n) is 21.9. The number of amides is 1. The van der Waals surface area contributed by atoms with Gasteiger partial charge in [0.15, 0.2) is 5.16 Å². The molecule has 1 heterocycles. The predicted octanol–water partition coefficient (Wildman–Crippen LogP) is 7.22. The fourth-order valence-electron chi connectivity index (χ4n) is 4.30. The van der Waals surface area contributed by atoms with E-state index in [2.05, 4.69) is 4.98 Å². The zero-order chi connectivity index (χ0) is 47.9. The lowest BCUT2D eigenvalue weighted by Gasteiger charge is -2.28. The van der Waals surface area contributed by atoms with Crippen LogP contribution in [0.1, 0.15) is 70.1 Å². The normalized spacial score (nSPS) is 22.6. The van der Waals surface area contributed by atoms with E-state index < -0.39 is 104 Å². The molecular formula is C36H38F4N4O2S. The summed E-state index contributed by atoms with van der Waals surface area (Å²) in [6.07, 6.45) is -15.5. The van der Waals surface area contributed by atoms with Crippen LogP contribution in [0.15, 0.2) is 82.7 Å². The Labute approximate surface area is 298 Å². The Morgan fingerprint density at radius 2 is 1.55 bits per heavy atom. The van der Waals surface area contributed by atoms with E-state index in [9.17, 15) is 25.1 Å². The van der Waals surface area contributed by atoms with Crippen LogP contribution in [-0.4, -0.2) is 51.2 Å². The first-order chi connectivity index (χ1) is 28.4. The van der Waals surface area contributed by atoms with E-state index in [1.54, 1.807) is 0 Å². The maximum atomic E-state index is 15.0. The van der Waals surface area contributed by atoms with Crippen molar-refractivity contribution in [3.8, 4) is 11.1 Å². The predicted molar refractivity (Wildman–Crippen MR) is 177 cm³/mol. The summed E-state index contributed by atoms with van der Waals surface area (Å²) in [5, 5.41) is -0.875. The Kier molecular flexibility index (Phi) is 6.23. The molecule has 6 nitrogen and oxygen atoms in total. The van der Waals surface area contributed by atoms with Gasteiger partial charge in [-0.3, -0.25) is 9.59 Å². The molecule has 0 N–H and O–H groups in total. The fourth-order valence-corrected chi connectivity index (χ4v) is 5.21. The van der Waals surface area contributed by atoms with Crippen LogP contribution in [0.25, 0.3) is 11.1 Å². The van der Waals surface area contributed by atoms with Gasteiger partial charge in [0.25, 0.3) is 5.56 Å². The van der Waals surface area contributed by atoms with Crippen molar-refractivity contribution < 1.29 is 44.3 Å². The third-order valence-electron chi connectivity index (χ3n) is 6.75. The molecular weight excluding hydrogens is 628 g/mol. The zero-order valence-electron chi connectivity index (χ0n) is 40.9. The molecule has 1 aliphatic carbocycles. The molecule has 5 rings (SSSR count). The van der Waals surface area contributed by atoms with Gasteiger partial charge >= 0.3 is 6.18 Å². The average Bonchev–Trinajstić information content (AvgIpc) is 3.24. The van der Waals surface area contributed by atoms with Crippen molar-refractivity contribution >= 4 is 17.7 Å². The molecule has 0 atom stereocenters. The molecule has 1 aromatic heterocycles. The lowest BCUT2D eigenvalue weighted by molar-refractivity contribution is -0.137. The molecule has 47 heavy (non-hydrogen) atoms. The van der Waals surface area contributed by atoms with Gasteiger partial charge in [0.1, 0.15) is 12.3 Å². The van der Waals surface area contributed by atoms with Crippen LogP contribution in [0.3, 0.4) is 0 Å². The molecule has 0 spiro atoms. The van der Waals surface area contributed by atoms with Gasteiger partial charge in [0, 0.05) is 53.0 Å². The molecule has 0 aliphatic heterocycles. The van der Waals surface area contributed by atoms with Gasteiger partial charge in [-0.05, 0) is 78.6 Å². The van der Waals surface area contributed by atoms with Gasteiger partial charge in [-0.25, -0.2) is 4.39 Å². The molecule has 11 heteroatoms. The fraction of sp³-hybridized carbons (Fsp3) is 0.361. The van der Waals surface area contributed by atoms with E-state index in [0.717, 1.165) is 36.4 Å². The molecule has 4 aromatic rings. The molecule has 0 saturated heterocycles. The molecule has 0 bridgehead atoms. The SMILES string of the molecule is [2H]C([2H])(C)N(C([2H])([2H])C)C([2H])([2H])C([2H])([2H])N(Cc1ccc(-c2ccc(C(F)(F)F)cc2)cc1)C(=O)C([2H])([2H])n1c(SCc2ccc(F)cc2)nc(=O)c2c1C([2H])([2H])C([2H])([2H])C2([2H])[2H]. The van der Waals surface area contributed by atoms with Crippen molar-refractivity contribution in [2.24, 2.45) is 0 Å². The third-order valence-corrected chi connectivity index (χ3v) is 7.76. The first kappa shape index (κ1) is 19.1. The number of benzene rings is 3. The minimum absolute atomic E-state index is 0.0746. The van der Waals surface area contributed by atoms with Crippen molar-refractivity contribution in [3.63, 3.8) is 0 Å². The van der Waals surface area contributed by atoms with Crippen LogP contribution in [0.5, 0.6) is 0 Å². The van der Waals surface area contributed by atoms with Crippen molar-refractivity contribution in [2.75, 3.05) is 26.0 Å². The summed E-state index contributed by atoms with van der Waals surface area (Å²) < 4.78 is 193. The summed E-state index contributed by atoms with van der Waals surface area (Å²) in [4.78, 5) is 32.0. The minimum atomic E-state index is -4.63. The first-order valence-corrected chi connectivity index (χ1v) is 14.9. The summed E-state index contributed by atoms with van der Waals surface area (Å²) in [6.45, 7) is -17.7. The van der Waals surface area contributed by atoms with E-state index in [4.69, 9.17) is 19.2 Å². The molecule has 1 amide bonds. The monoisotopic (exact) mass is 682 g/mol. The van der Waals surface area contributed by atoms with Gasteiger partial charge in [-0.2, -0.15) is 18.2 Å². The number of hydrogen-bond donors (Lipinski definition) is 0. The molecule has 3 aromatic carbocycles. The molecule has 0 radical (unpaired) electrons. The number of halogens is 4. The van der Waals surface area contributed by atoms with E-state index in [1.807, 2.05) is 0 Å². The zero-order valence-corrected chi connectivity index (χ0v) is 25.7. The molecule has 248 valence electrons. The summed E-state index contributed by atoms with van der Waals surface area (Å²) in [5.74, 6) is -3.06. The van der Waals surface area contributed by atoms with Crippen LogP contribution < -0.4 is 5.56 Å². The number of alkyl halides is 3. The summed E-state index contributed by atoms with van der Waals surface area (Å²) in [6, 6.07) is 13.7. The van der Waals surface area contributed by atoms with Gasteiger partial charge in [-0.15, -0.1) is 0 Å². The Morgan fingerprint density at radius 1 is 0.936 bits per heavy atom. The summed E-state index contributed by atoms with van der Waals surface area (Å²) in [5.41, 5.74) is -4.40.